The van der Waals surface area contributed by atoms with Crippen molar-refractivity contribution in [2.24, 2.45) is 0 Å². The second-order valence-electron chi connectivity index (χ2n) is 5.96. The van der Waals surface area contributed by atoms with Gasteiger partial charge in [0.1, 0.15) is 17.0 Å². The molecule has 1 aromatic carbocycles. The van der Waals surface area contributed by atoms with Crippen molar-refractivity contribution in [3.63, 3.8) is 0 Å². The fourth-order valence-electron chi connectivity index (χ4n) is 2.63. The summed E-state index contributed by atoms with van der Waals surface area (Å²) in [6.45, 7) is 5.86. The van der Waals surface area contributed by atoms with Crippen molar-refractivity contribution < 1.29 is 4.79 Å². The molecule has 1 N–H and O–H groups in total. The van der Waals surface area contributed by atoms with Crippen LogP contribution in [0.2, 0.25) is 0 Å². The van der Waals surface area contributed by atoms with Crippen LogP contribution in [0, 0.1) is 6.92 Å². The first-order valence-electron chi connectivity index (χ1n) is 7.82. The summed E-state index contributed by atoms with van der Waals surface area (Å²) in [4.78, 5) is 24.8. The van der Waals surface area contributed by atoms with E-state index in [9.17, 15) is 4.79 Å². The summed E-state index contributed by atoms with van der Waals surface area (Å²) >= 11 is 1.41. The summed E-state index contributed by atoms with van der Waals surface area (Å²) in [5, 5.41) is 3.88. The minimum Gasteiger partial charge on any atom is -0.349 e. The number of nitrogens with one attached hydrogen (secondary N) is 1. The molecule has 1 amide bonds. The molecule has 0 aliphatic carbocycles. The third-order valence-electron chi connectivity index (χ3n) is 3.79. The van der Waals surface area contributed by atoms with Gasteiger partial charge < -0.3 is 10.2 Å². The second kappa shape index (κ2) is 6.57. The Morgan fingerprint density at radius 1 is 1.21 bits per heavy atom. The standard InChI is InChI=1S/C18H20N4OS/c1-11(2)21-17(23)15-12(3)14-16(19-10-20-18(14)24-15)22(4)13-8-6-5-7-9-13/h5-11H,1-4H3,(H,21,23). The van der Waals surface area contributed by atoms with E-state index in [1.165, 1.54) is 11.3 Å². The number of nitrogens with zero attached hydrogens (tertiary/aromatic N) is 3. The highest BCUT2D eigenvalue weighted by atomic mass is 32.1. The van der Waals surface area contributed by atoms with Crippen molar-refractivity contribution in [3.8, 4) is 0 Å². The van der Waals surface area contributed by atoms with E-state index in [-0.39, 0.29) is 11.9 Å². The van der Waals surface area contributed by atoms with E-state index in [0.717, 1.165) is 27.3 Å². The minimum absolute atomic E-state index is 0.0567. The molecule has 2 heterocycles. The van der Waals surface area contributed by atoms with Gasteiger partial charge >= 0.3 is 0 Å². The zero-order valence-electron chi connectivity index (χ0n) is 14.2. The van der Waals surface area contributed by atoms with Crippen LogP contribution in [-0.2, 0) is 0 Å². The number of rotatable bonds is 4. The molecule has 0 saturated carbocycles. The van der Waals surface area contributed by atoms with E-state index in [2.05, 4.69) is 15.3 Å². The molecule has 0 fully saturated rings. The van der Waals surface area contributed by atoms with Gasteiger partial charge in [0, 0.05) is 18.8 Å². The molecule has 0 saturated heterocycles. The minimum atomic E-state index is -0.0567. The van der Waals surface area contributed by atoms with Crippen LogP contribution in [0.4, 0.5) is 11.5 Å². The fraction of sp³-hybridized carbons (Fsp3) is 0.278. The monoisotopic (exact) mass is 340 g/mol. The maximum atomic E-state index is 12.4. The number of carbonyl (C=O) groups is 1. The van der Waals surface area contributed by atoms with Crippen molar-refractivity contribution in [2.45, 2.75) is 26.8 Å². The highest BCUT2D eigenvalue weighted by molar-refractivity contribution is 7.20. The lowest BCUT2D eigenvalue weighted by atomic mass is 10.1. The first-order chi connectivity index (χ1) is 11.5. The molecule has 5 nitrogen and oxygen atoms in total. The summed E-state index contributed by atoms with van der Waals surface area (Å²) in [7, 11) is 1.97. The zero-order chi connectivity index (χ0) is 17.3. The molecule has 0 atom stereocenters. The number of carbonyl (C=O) groups excluding carboxylic acids is 1. The van der Waals surface area contributed by atoms with Gasteiger partial charge in [0.05, 0.1) is 10.3 Å². The Morgan fingerprint density at radius 2 is 1.92 bits per heavy atom. The Kier molecular flexibility index (Phi) is 4.49. The summed E-state index contributed by atoms with van der Waals surface area (Å²) in [6, 6.07) is 10.1. The van der Waals surface area contributed by atoms with Crippen LogP contribution in [0.1, 0.15) is 29.1 Å². The van der Waals surface area contributed by atoms with Gasteiger partial charge in [0.25, 0.3) is 5.91 Å². The van der Waals surface area contributed by atoms with Crippen molar-refractivity contribution >= 4 is 39.0 Å². The first-order valence-corrected chi connectivity index (χ1v) is 8.64. The van der Waals surface area contributed by atoms with Crippen LogP contribution in [0.25, 0.3) is 10.2 Å². The molecule has 0 spiro atoms. The SMILES string of the molecule is Cc1c(C(=O)NC(C)C)sc2ncnc(N(C)c3ccccc3)c12. The lowest BCUT2D eigenvalue weighted by molar-refractivity contribution is 0.0947. The van der Waals surface area contributed by atoms with Gasteiger partial charge in [-0.2, -0.15) is 0 Å². The third kappa shape index (κ3) is 2.97. The van der Waals surface area contributed by atoms with Crippen LogP contribution in [0.5, 0.6) is 0 Å². The molecule has 24 heavy (non-hydrogen) atoms. The van der Waals surface area contributed by atoms with Gasteiger partial charge in [-0.1, -0.05) is 18.2 Å². The summed E-state index contributed by atoms with van der Waals surface area (Å²) in [6.07, 6.45) is 1.55. The number of thiophene rings is 1. The van der Waals surface area contributed by atoms with Gasteiger partial charge in [0.15, 0.2) is 0 Å². The molecule has 0 radical (unpaired) electrons. The zero-order valence-corrected chi connectivity index (χ0v) is 15.0. The molecule has 3 aromatic rings. The Labute approximate surface area is 145 Å². The van der Waals surface area contributed by atoms with E-state index in [4.69, 9.17) is 0 Å². The summed E-state index contributed by atoms with van der Waals surface area (Å²) in [5.74, 6) is 0.752. The smallest absolute Gasteiger partial charge is 0.261 e. The summed E-state index contributed by atoms with van der Waals surface area (Å²) in [5.41, 5.74) is 1.96. The van der Waals surface area contributed by atoms with Crippen molar-refractivity contribution in [3.05, 3.63) is 47.1 Å². The van der Waals surface area contributed by atoms with Gasteiger partial charge in [-0.15, -0.1) is 11.3 Å². The van der Waals surface area contributed by atoms with Crippen LogP contribution < -0.4 is 10.2 Å². The number of benzene rings is 1. The molecule has 6 heteroatoms. The van der Waals surface area contributed by atoms with E-state index in [1.807, 2.05) is 63.1 Å². The number of hydrogen-bond acceptors (Lipinski definition) is 5. The van der Waals surface area contributed by atoms with Crippen LogP contribution in [-0.4, -0.2) is 29.0 Å². The Hall–Kier alpha value is -2.47. The molecule has 0 aliphatic heterocycles. The number of aryl methyl sites for hydroxylation is 1. The Bertz CT molecular complexity index is 873. The Morgan fingerprint density at radius 3 is 2.58 bits per heavy atom. The molecular weight excluding hydrogens is 320 g/mol. The quantitative estimate of drug-likeness (QED) is 0.782. The highest BCUT2D eigenvalue weighted by Gasteiger charge is 2.21. The van der Waals surface area contributed by atoms with E-state index < -0.39 is 0 Å². The predicted octanol–water partition coefficient (Wildman–Crippen LogP) is 3.91. The third-order valence-corrected chi connectivity index (χ3v) is 4.99. The van der Waals surface area contributed by atoms with Crippen molar-refractivity contribution in [1.29, 1.82) is 0 Å². The second-order valence-corrected chi connectivity index (χ2v) is 6.96. The molecule has 2 aromatic heterocycles. The van der Waals surface area contributed by atoms with Crippen LogP contribution in [0.3, 0.4) is 0 Å². The molecular formula is C18H20N4OS. The van der Waals surface area contributed by atoms with Gasteiger partial charge in [-0.25, -0.2) is 9.97 Å². The number of amides is 1. The normalized spacial score (nSPS) is 11.0. The number of hydrogen-bond donors (Lipinski definition) is 1. The molecule has 0 unspecified atom stereocenters. The lowest BCUT2D eigenvalue weighted by Gasteiger charge is -2.19. The molecule has 3 rings (SSSR count). The molecule has 0 aliphatic rings. The number of para-hydroxylation sites is 1. The van der Waals surface area contributed by atoms with Gasteiger partial charge in [-0.05, 0) is 38.5 Å². The average molecular weight is 340 g/mol. The van der Waals surface area contributed by atoms with E-state index in [0.29, 0.717) is 4.88 Å². The van der Waals surface area contributed by atoms with Crippen molar-refractivity contribution in [1.82, 2.24) is 15.3 Å². The van der Waals surface area contributed by atoms with Crippen molar-refractivity contribution in [2.75, 3.05) is 11.9 Å². The fourth-order valence-corrected chi connectivity index (χ4v) is 3.67. The number of fused-ring (bicyclic) bond motifs is 1. The molecule has 0 bridgehead atoms. The Balaban J connectivity index is 2.10. The first kappa shape index (κ1) is 16.4. The van der Waals surface area contributed by atoms with E-state index >= 15 is 0 Å². The topological polar surface area (TPSA) is 58.1 Å². The van der Waals surface area contributed by atoms with E-state index in [1.54, 1.807) is 6.33 Å². The van der Waals surface area contributed by atoms with Gasteiger partial charge in [0.2, 0.25) is 0 Å². The van der Waals surface area contributed by atoms with Crippen LogP contribution in [0.15, 0.2) is 36.7 Å². The number of anilines is 2. The summed E-state index contributed by atoms with van der Waals surface area (Å²) < 4.78 is 0. The number of aromatic nitrogens is 2. The molecule has 124 valence electrons. The largest absolute Gasteiger partial charge is 0.349 e. The maximum Gasteiger partial charge on any atom is 0.261 e. The van der Waals surface area contributed by atoms with Gasteiger partial charge in [-0.3, -0.25) is 4.79 Å². The average Bonchev–Trinajstić information content (AvgIpc) is 2.92. The predicted molar refractivity (Wildman–Crippen MR) is 99.3 cm³/mol. The maximum absolute atomic E-state index is 12.4. The lowest BCUT2D eigenvalue weighted by Crippen LogP contribution is -2.29. The highest BCUT2D eigenvalue weighted by Crippen LogP contribution is 2.36. The van der Waals surface area contributed by atoms with Crippen LogP contribution >= 0.6 is 11.3 Å².